The first-order valence-corrected chi connectivity index (χ1v) is 7.84. The van der Waals surface area contributed by atoms with Crippen LogP contribution in [0.4, 0.5) is 0 Å². The van der Waals surface area contributed by atoms with Gasteiger partial charge in [-0.25, -0.2) is 0 Å². The third-order valence-corrected chi connectivity index (χ3v) is 5.69. The number of thiophene rings is 1. The van der Waals surface area contributed by atoms with Crippen LogP contribution >= 0.6 is 27.3 Å². The Morgan fingerprint density at radius 1 is 1.59 bits per heavy atom. The number of rotatable bonds is 5. The number of aryl methyl sites for hydroxylation is 1. The van der Waals surface area contributed by atoms with Crippen molar-refractivity contribution >= 4 is 27.3 Å². The van der Waals surface area contributed by atoms with Gasteiger partial charge in [-0.15, -0.1) is 11.3 Å². The molecule has 0 spiro atoms. The summed E-state index contributed by atoms with van der Waals surface area (Å²) in [6.45, 7) is 5.02. The predicted octanol–water partition coefficient (Wildman–Crippen LogP) is 4.02. The molecule has 4 heteroatoms. The minimum absolute atomic E-state index is 0.192. The number of hydrogen-bond acceptors (Lipinski definition) is 3. The minimum atomic E-state index is 0.192. The van der Waals surface area contributed by atoms with Gasteiger partial charge in [0, 0.05) is 26.9 Å². The molecule has 1 heterocycles. The Kier molecular flexibility index (Phi) is 4.64. The van der Waals surface area contributed by atoms with Crippen molar-refractivity contribution in [2.75, 3.05) is 6.61 Å². The van der Waals surface area contributed by atoms with Crippen LogP contribution in [0.25, 0.3) is 0 Å². The van der Waals surface area contributed by atoms with Gasteiger partial charge in [0.15, 0.2) is 0 Å². The van der Waals surface area contributed by atoms with Gasteiger partial charge < -0.3 is 10.5 Å². The topological polar surface area (TPSA) is 35.2 Å². The second-order valence-electron chi connectivity index (χ2n) is 4.81. The van der Waals surface area contributed by atoms with Gasteiger partial charge in [0.1, 0.15) is 0 Å². The van der Waals surface area contributed by atoms with Crippen LogP contribution in [0.3, 0.4) is 0 Å². The number of halogens is 1. The lowest BCUT2D eigenvalue weighted by Gasteiger charge is -2.36. The molecule has 1 aliphatic carbocycles. The zero-order chi connectivity index (χ0) is 12.4. The highest BCUT2D eigenvalue weighted by Gasteiger charge is 2.31. The van der Waals surface area contributed by atoms with Crippen molar-refractivity contribution in [3.05, 3.63) is 20.3 Å². The second kappa shape index (κ2) is 5.83. The van der Waals surface area contributed by atoms with Gasteiger partial charge >= 0.3 is 0 Å². The molecule has 96 valence electrons. The summed E-state index contributed by atoms with van der Waals surface area (Å²) in [5, 5.41) is 0. The van der Waals surface area contributed by atoms with Crippen LogP contribution in [0.5, 0.6) is 0 Å². The van der Waals surface area contributed by atoms with Crippen molar-refractivity contribution in [3.63, 3.8) is 0 Å². The molecule has 0 radical (unpaired) electrons. The van der Waals surface area contributed by atoms with Gasteiger partial charge in [0.2, 0.25) is 0 Å². The Morgan fingerprint density at radius 2 is 2.29 bits per heavy atom. The molecule has 2 N–H and O–H groups in total. The van der Waals surface area contributed by atoms with E-state index >= 15 is 0 Å². The lowest BCUT2D eigenvalue weighted by molar-refractivity contribution is -0.0281. The fraction of sp³-hybridized carbons (Fsp3) is 0.692. The Bertz CT molecular complexity index is 354. The van der Waals surface area contributed by atoms with Crippen LogP contribution < -0.4 is 5.73 Å². The number of nitrogens with two attached hydrogens (primary N) is 1. The maximum absolute atomic E-state index is 6.26. The molecule has 1 aromatic heterocycles. The summed E-state index contributed by atoms with van der Waals surface area (Å²) in [6.07, 6.45) is 3.96. The molecular formula is C13H20BrNOS. The molecule has 0 bridgehead atoms. The molecule has 2 nitrogen and oxygen atoms in total. The molecule has 1 atom stereocenters. The zero-order valence-corrected chi connectivity index (χ0v) is 12.8. The molecule has 1 saturated carbocycles. The van der Waals surface area contributed by atoms with Crippen LogP contribution in [-0.4, -0.2) is 12.7 Å². The number of ether oxygens (including phenoxy) is 1. The average molecular weight is 318 g/mol. The molecule has 17 heavy (non-hydrogen) atoms. The largest absolute Gasteiger partial charge is 0.378 e. The van der Waals surface area contributed by atoms with Crippen LogP contribution in [0.1, 0.15) is 42.0 Å². The lowest BCUT2D eigenvalue weighted by atomic mass is 9.78. The fourth-order valence-corrected chi connectivity index (χ4v) is 3.95. The number of hydrogen-bond donors (Lipinski definition) is 1. The van der Waals surface area contributed by atoms with Gasteiger partial charge in [0.05, 0.1) is 6.10 Å². The first-order valence-electron chi connectivity index (χ1n) is 6.23. The van der Waals surface area contributed by atoms with Crippen molar-refractivity contribution in [1.82, 2.24) is 0 Å². The van der Waals surface area contributed by atoms with Crippen LogP contribution in [-0.2, 0) is 4.74 Å². The summed E-state index contributed by atoms with van der Waals surface area (Å²) in [5.41, 5.74) is 6.26. The van der Waals surface area contributed by atoms with E-state index in [0.29, 0.717) is 6.10 Å². The average Bonchev–Trinajstić information content (AvgIpc) is 2.56. The molecule has 0 aromatic carbocycles. The Morgan fingerprint density at radius 3 is 2.82 bits per heavy atom. The van der Waals surface area contributed by atoms with E-state index in [2.05, 4.69) is 35.8 Å². The van der Waals surface area contributed by atoms with Crippen LogP contribution in [0.2, 0.25) is 0 Å². The van der Waals surface area contributed by atoms with Gasteiger partial charge in [-0.1, -0.05) is 0 Å². The second-order valence-corrected chi connectivity index (χ2v) is 6.95. The van der Waals surface area contributed by atoms with E-state index in [-0.39, 0.29) is 6.04 Å². The summed E-state index contributed by atoms with van der Waals surface area (Å²) in [6, 6.07) is 2.36. The molecule has 0 saturated heterocycles. The van der Waals surface area contributed by atoms with E-state index in [1.807, 2.05) is 0 Å². The summed E-state index contributed by atoms with van der Waals surface area (Å²) >= 11 is 5.35. The Balaban J connectivity index is 1.80. The first kappa shape index (κ1) is 13.5. The molecule has 1 aromatic rings. The van der Waals surface area contributed by atoms with Crippen molar-refractivity contribution in [3.8, 4) is 0 Å². The quantitative estimate of drug-likeness (QED) is 0.890. The Hall–Kier alpha value is 0.1000. The molecule has 1 fully saturated rings. The normalized spacial score (nSPS) is 25.6. The van der Waals surface area contributed by atoms with E-state index in [4.69, 9.17) is 10.5 Å². The fourth-order valence-electron chi connectivity index (χ4n) is 2.38. The molecule has 0 aliphatic heterocycles. The first-order chi connectivity index (χ1) is 8.10. The van der Waals surface area contributed by atoms with Crippen molar-refractivity contribution < 1.29 is 4.74 Å². The summed E-state index contributed by atoms with van der Waals surface area (Å²) in [5.74, 6) is 0.753. The molecule has 1 aliphatic rings. The Labute approximate surface area is 116 Å². The maximum atomic E-state index is 6.26. The van der Waals surface area contributed by atoms with E-state index in [9.17, 15) is 0 Å². The van der Waals surface area contributed by atoms with Crippen molar-refractivity contribution in [2.24, 2.45) is 11.7 Å². The van der Waals surface area contributed by atoms with E-state index in [1.54, 1.807) is 11.3 Å². The highest BCUT2D eigenvalue weighted by atomic mass is 79.9. The molecule has 2 rings (SSSR count). The van der Waals surface area contributed by atoms with E-state index in [0.717, 1.165) is 18.9 Å². The van der Waals surface area contributed by atoms with Crippen LogP contribution in [0.15, 0.2) is 10.5 Å². The standard InChI is InChI=1S/C13H20BrNOS/c1-3-16-10-4-9(5-10)6-12(15)13-7-11(14)8(2)17-13/h7,9-10,12H,3-6,15H2,1-2H3. The summed E-state index contributed by atoms with van der Waals surface area (Å²) in [7, 11) is 0. The van der Waals surface area contributed by atoms with Crippen molar-refractivity contribution in [2.45, 2.75) is 45.3 Å². The molecule has 0 amide bonds. The zero-order valence-electron chi connectivity index (χ0n) is 10.4. The van der Waals surface area contributed by atoms with Gasteiger partial charge in [-0.2, -0.15) is 0 Å². The van der Waals surface area contributed by atoms with Gasteiger partial charge in [0.25, 0.3) is 0 Å². The van der Waals surface area contributed by atoms with Gasteiger partial charge in [-0.05, 0) is 61.0 Å². The maximum Gasteiger partial charge on any atom is 0.0580 e. The minimum Gasteiger partial charge on any atom is -0.378 e. The lowest BCUT2D eigenvalue weighted by Crippen LogP contribution is -2.33. The highest BCUT2D eigenvalue weighted by Crippen LogP contribution is 2.38. The smallest absolute Gasteiger partial charge is 0.0580 e. The van der Waals surface area contributed by atoms with Crippen LogP contribution in [0, 0.1) is 12.8 Å². The summed E-state index contributed by atoms with van der Waals surface area (Å²) < 4.78 is 6.76. The SMILES string of the molecule is CCOC1CC(CC(N)c2cc(Br)c(C)s2)C1. The highest BCUT2D eigenvalue weighted by molar-refractivity contribution is 9.10. The molecule has 1 unspecified atom stereocenters. The van der Waals surface area contributed by atoms with Crippen molar-refractivity contribution in [1.29, 1.82) is 0 Å². The van der Waals surface area contributed by atoms with E-state index in [1.165, 1.54) is 27.1 Å². The monoisotopic (exact) mass is 317 g/mol. The summed E-state index contributed by atoms with van der Waals surface area (Å²) in [4.78, 5) is 2.62. The third kappa shape index (κ3) is 3.31. The predicted molar refractivity (Wildman–Crippen MR) is 76.4 cm³/mol. The van der Waals surface area contributed by atoms with E-state index < -0.39 is 0 Å². The van der Waals surface area contributed by atoms with Gasteiger partial charge in [-0.3, -0.25) is 0 Å². The third-order valence-electron chi connectivity index (χ3n) is 3.42. The molecular weight excluding hydrogens is 298 g/mol.